The summed E-state index contributed by atoms with van der Waals surface area (Å²) in [6.45, 7) is 2.18. The van der Waals surface area contributed by atoms with Crippen molar-refractivity contribution in [2.24, 2.45) is 0 Å². The van der Waals surface area contributed by atoms with Crippen molar-refractivity contribution in [3.8, 4) is 0 Å². The van der Waals surface area contributed by atoms with E-state index >= 15 is 0 Å². The van der Waals surface area contributed by atoms with Crippen LogP contribution in [0.15, 0.2) is 17.3 Å². The Labute approximate surface area is 155 Å². The number of anilines is 1. The highest BCUT2D eigenvalue weighted by Crippen LogP contribution is 2.41. The molecule has 5 nitrogen and oxygen atoms in total. The Balaban J connectivity index is 1.53. The monoisotopic (exact) mass is 383 g/mol. The molecule has 0 atom stereocenters. The minimum atomic E-state index is 0.427. The molecule has 4 rings (SSSR count). The summed E-state index contributed by atoms with van der Waals surface area (Å²) < 4.78 is 2.33. The Morgan fingerprint density at radius 1 is 1.04 bits per heavy atom. The second kappa shape index (κ2) is 7.10. The lowest BCUT2D eigenvalue weighted by Gasteiger charge is -2.27. The van der Waals surface area contributed by atoms with Crippen LogP contribution in [0.3, 0.4) is 0 Å². The summed E-state index contributed by atoms with van der Waals surface area (Å²) in [5.41, 5.74) is 1.05. The van der Waals surface area contributed by atoms with E-state index < -0.39 is 0 Å². The van der Waals surface area contributed by atoms with Gasteiger partial charge in [-0.3, -0.25) is 4.57 Å². The predicted octanol–water partition coefficient (Wildman–Crippen LogP) is 4.60. The van der Waals surface area contributed by atoms with Crippen LogP contribution < -0.4 is 4.90 Å². The summed E-state index contributed by atoms with van der Waals surface area (Å²) in [7, 11) is 0. The van der Waals surface area contributed by atoms with Crippen LogP contribution in [0.4, 0.5) is 5.95 Å². The number of rotatable bonds is 5. The lowest BCUT2D eigenvalue weighted by atomic mass is 10.1. The van der Waals surface area contributed by atoms with Crippen LogP contribution in [-0.2, 0) is 5.75 Å². The van der Waals surface area contributed by atoms with Gasteiger partial charge in [0.2, 0.25) is 5.95 Å². The van der Waals surface area contributed by atoms with Gasteiger partial charge in [0.25, 0.3) is 0 Å². The Hall–Kier alpha value is -0.980. The molecule has 1 aliphatic carbocycles. The molecule has 0 bridgehead atoms. The highest BCUT2D eigenvalue weighted by molar-refractivity contribution is 7.98. The first kappa shape index (κ1) is 16.5. The van der Waals surface area contributed by atoms with Gasteiger partial charge in [0, 0.05) is 24.9 Å². The fourth-order valence-electron chi connectivity index (χ4n) is 3.07. The largest absolute Gasteiger partial charge is 0.341 e. The van der Waals surface area contributed by atoms with Crippen LogP contribution in [0.25, 0.3) is 0 Å². The van der Waals surface area contributed by atoms with Crippen LogP contribution in [-0.4, -0.2) is 32.8 Å². The predicted molar refractivity (Wildman–Crippen MR) is 98.2 cm³/mol. The summed E-state index contributed by atoms with van der Waals surface area (Å²) in [6, 6.07) is 4.26. The van der Waals surface area contributed by atoms with Crippen LogP contribution in [0.2, 0.25) is 10.3 Å². The molecular formula is C16H19Cl2N5S. The molecule has 2 aliphatic rings. The number of halogens is 2. The second-order valence-electron chi connectivity index (χ2n) is 6.34. The zero-order valence-corrected chi connectivity index (χ0v) is 15.6. The highest BCUT2D eigenvalue weighted by atomic mass is 35.5. The molecule has 2 aromatic heterocycles. The van der Waals surface area contributed by atoms with E-state index in [2.05, 4.69) is 24.6 Å². The molecule has 0 amide bonds. The molecule has 24 heavy (non-hydrogen) atoms. The van der Waals surface area contributed by atoms with Crippen LogP contribution in [0.1, 0.15) is 43.7 Å². The van der Waals surface area contributed by atoms with E-state index in [1.807, 2.05) is 12.1 Å². The van der Waals surface area contributed by atoms with Gasteiger partial charge in [-0.2, -0.15) is 0 Å². The highest BCUT2D eigenvalue weighted by Gasteiger charge is 2.32. The lowest BCUT2D eigenvalue weighted by Crippen LogP contribution is -2.31. The summed E-state index contributed by atoms with van der Waals surface area (Å²) in [5, 5.41) is 10.8. The first-order valence-electron chi connectivity index (χ1n) is 8.35. The molecule has 0 radical (unpaired) electrons. The van der Waals surface area contributed by atoms with Crippen molar-refractivity contribution in [3.63, 3.8) is 0 Å². The Morgan fingerprint density at radius 3 is 2.42 bits per heavy atom. The van der Waals surface area contributed by atoms with E-state index in [4.69, 9.17) is 23.2 Å². The molecule has 0 unspecified atom stereocenters. The van der Waals surface area contributed by atoms with Gasteiger partial charge >= 0.3 is 0 Å². The van der Waals surface area contributed by atoms with Gasteiger partial charge in [0.1, 0.15) is 10.3 Å². The van der Waals surface area contributed by atoms with Crippen LogP contribution in [0.5, 0.6) is 0 Å². The normalized spacial score (nSPS) is 18.2. The quantitative estimate of drug-likeness (QED) is 0.557. The van der Waals surface area contributed by atoms with Gasteiger partial charge < -0.3 is 4.90 Å². The zero-order chi connectivity index (χ0) is 16.5. The van der Waals surface area contributed by atoms with E-state index in [1.165, 1.54) is 32.1 Å². The summed E-state index contributed by atoms with van der Waals surface area (Å²) in [6.07, 6.45) is 6.25. The van der Waals surface area contributed by atoms with Crippen LogP contribution in [0, 0.1) is 0 Å². The Bertz CT molecular complexity index is 705. The fourth-order valence-corrected chi connectivity index (χ4v) is 4.51. The van der Waals surface area contributed by atoms with E-state index in [-0.39, 0.29) is 0 Å². The van der Waals surface area contributed by atoms with Crippen molar-refractivity contribution in [2.75, 3.05) is 18.0 Å². The smallest absolute Gasteiger partial charge is 0.228 e. The number of hydrogen-bond donors (Lipinski definition) is 0. The second-order valence-corrected chi connectivity index (χ2v) is 8.06. The molecule has 1 saturated carbocycles. The molecule has 1 aliphatic heterocycles. The molecule has 128 valence electrons. The minimum Gasteiger partial charge on any atom is -0.341 e. The number of hydrogen-bond acceptors (Lipinski definition) is 5. The molecule has 3 heterocycles. The molecule has 0 spiro atoms. The molecule has 2 fully saturated rings. The van der Waals surface area contributed by atoms with Crippen LogP contribution >= 0.6 is 35.0 Å². The van der Waals surface area contributed by atoms with Gasteiger partial charge in [0.15, 0.2) is 5.16 Å². The minimum absolute atomic E-state index is 0.427. The van der Waals surface area contributed by atoms with E-state index in [0.29, 0.717) is 16.3 Å². The third kappa shape index (κ3) is 3.65. The van der Waals surface area contributed by atoms with Gasteiger partial charge in [-0.25, -0.2) is 4.98 Å². The molecule has 8 heteroatoms. The number of aromatic nitrogens is 4. The zero-order valence-electron chi connectivity index (χ0n) is 13.3. The van der Waals surface area contributed by atoms with Crippen molar-refractivity contribution >= 4 is 40.9 Å². The molecule has 0 N–H and O–H groups in total. The van der Waals surface area contributed by atoms with E-state index in [0.717, 1.165) is 35.5 Å². The number of nitrogens with zero attached hydrogens (tertiary/aromatic N) is 5. The van der Waals surface area contributed by atoms with Gasteiger partial charge in [0.05, 0.1) is 0 Å². The number of piperidine rings is 1. The molecule has 0 aromatic carbocycles. The third-order valence-corrected chi connectivity index (χ3v) is 5.79. The summed E-state index contributed by atoms with van der Waals surface area (Å²) in [4.78, 5) is 6.38. The topological polar surface area (TPSA) is 46.8 Å². The van der Waals surface area contributed by atoms with Crippen molar-refractivity contribution in [1.82, 2.24) is 19.7 Å². The maximum absolute atomic E-state index is 5.98. The third-order valence-electron chi connectivity index (χ3n) is 4.39. The molecule has 1 saturated heterocycles. The van der Waals surface area contributed by atoms with E-state index in [1.54, 1.807) is 11.8 Å². The maximum atomic E-state index is 5.98. The summed E-state index contributed by atoms with van der Waals surface area (Å²) >= 11 is 13.7. The van der Waals surface area contributed by atoms with Crippen molar-refractivity contribution in [1.29, 1.82) is 0 Å². The van der Waals surface area contributed by atoms with Crippen molar-refractivity contribution < 1.29 is 0 Å². The van der Waals surface area contributed by atoms with Gasteiger partial charge in [-0.1, -0.05) is 35.0 Å². The average Bonchev–Trinajstić information content (AvgIpc) is 3.32. The molecule has 2 aromatic rings. The number of pyridine rings is 1. The first-order valence-corrected chi connectivity index (χ1v) is 10.1. The Morgan fingerprint density at radius 2 is 1.75 bits per heavy atom. The standard InChI is InChI=1S/C16H19Cl2N5S/c17-13-8-11(9-14(18)19-13)10-24-16-21-20-15(23(16)12-4-5-12)22-6-2-1-3-7-22/h8-9,12H,1-7,10H2. The van der Waals surface area contributed by atoms with Gasteiger partial charge in [-0.15, -0.1) is 10.2 Å². The van der Waals surface area contributed by atoms with Crippen molar-refractivity contribution in [3.05, 3.63) is 28.0 Å². The Kier molecular flexibility index (Phi) is 4.88. The van der Waals surface area contributed by atoms with Crippen molar-refractivity contribution in [2.45, 2.75) is 49.1 Å². The van der Waals surface area contributed by atoms with Gasteiger partial charge in [-0.05, 0) is 49.8 Å². The first-order chi connectivity index (χ1) is 11.7. The summed E-state index contributed by atoms with van der Waals surface area (Å²) in [5.74, 6) is 1.80. The average molecular weight is 384 g/mol. The lowest BCUT2D eigenvalue weighted by molar-refractivity contribution is 0.548. The maximum Gasteiger partial charge on any atom is 0.228 e. The number of thioether (sulfide) groups is 1. The van der Waals surface area contributed by atoms with E-state index in [9.17, 15) is 0 Å². The SMILES string of the molecule is Clc1cc(CSc2nnc(N3CCCCC3)n2C2CC2)cc(Cl)n1. The fraction of sp³-hybridized carbons (Fsp3) is 0.562. The molecular weight excluding hydrogens is 365 g/mol.